The molecule has 0 unspecified atom stereocenters. The quantitative estimate of drug-likeness (QED) is 0.325. The zero-order chi connectivity index (χ0) is 32.4. The topological polar surface area (TPSA) is 88.9 Å². The fraction of sp³-hybridized carbons (Fsp3) is 0.531. The summed E-state index contributed by atoms with van der Waals surface area (Å²) in [6.45, 7) is 12.2. The van der Waals surface area contributed by atoms with Gasteiger partial charge in [0.2, 0.25) is 0 Å². The highest BCUT2D eigenvalue weighted by atomic mass is 35.5. The molecule has 3 aliphatic heterocycles. The molecule has 45 heavy (non-hydrogen) atoms. The lowest BCUT2D eigenvalue weighted by Crippen LogP contribution is -2.59. The zero-order valence-electron chi connectivity index (χ0n) is 26.0. The van der Waals surface area contributed by atoms with E-state index >= 15 is 4.39 Å². The molecule has 3 aliphatic rings. The van der Waals surface area contributed by atoms with E-state index in [-0.39, 0.29) is 51.0 Å². The first-order chi connectivity index (χ1) is 21.2. The molecular weight excluding hydrogens is 627 g/mol. The minimum absolute atomic E-state index is 0.0325. The first-order valence-corrected chi connectivity index (χ1v) is 16.0. The third-order valence-corrected chi connectivity index (χ3v) is 9.58. The van der Waals surface area contributed by atoms with Gasteiger partial charge in [-0.15, -0.1) is 0 Å². The van der Waals surface area contributed by atoms with E-state index in [9.17, 15) is 14.0 Å². The number of hydrogen-bond acceptors (Lipinski definition) is 7. The Kier molecular flexibility index (Phi) is 8.19. The van der Waals surface area contributed by atoms with Crippen LogP contribution in [-0.2, 0) is 11.3 Å². The monoisotopic (exact) mass is 663 g/mol. The second kappa shape index (κ2) is 11.6. The summed E-state index contributed by atoms with van der Waals surface area (Å²) in [5.41, 5.74) is -0.882. The molecule has 0 radical (unpaired) electrons. The van der Waals surface area contributed by atoms with E-state index in [1.165, 1.54) is 6.07 Å². The fourth-order valence-corrected chi connectivity index (χ4v) is 7.16. The van der Waals surface area contributed by atoms with E-state index < -0.39 is 29.0 Å². The van der Waals surface area contributed by atoms with Crippen LogP contribution in [0.5, 0.6) is 5.75 Å². The molecule has 1 N–H and O–H groups in total. The smallest absolute Gasteiger partial charge is 0.410 e. The van der Waals surface area contributed by atoms with Crippen LogP contribution in [-0.4, -0.2) is 71.0 Å². The predicted molar refractivity (Wildman–Crippen MR) is 171 cm³/mol. The van der Waals surface area contributed by atoms with E-state index in [1.807, 2.05) is 39.5 Å². The molecule has 1 aromatic heterocycles. The van der Waals surface area contributed by atoms with Gasteiger partial charge in [-0.05, 0) is 72.7 Å². The maximum absolute atomic E-state index is 15.4. The molecule has 0 bridgehead atoms. The number of amides is 1. The first kappa shape index (κ1) is 31.8. The number of hydrogen-bond donors (Lipinski definition) is 1. The number of carbonyl (C=O) groups excluding carboxylic acids is 1. The highest BCUT2D eigenvalue weighted by Crippen LogP contribution is 2.48. The predicted octanol–water partition coefficient (Wildman–Crippen LogP) is 6.24. The second-order valence-electron chi connectivity index (χ2n) is 13.5. The Hall–Kier alpha value is -3.15. The van der Waals surface area contributed by atoms with Gasteiger partial charge >= 0.3 is 11.8 Å². The molecule has 1 amide bonds. The third-order valence-electron chi connectivity index (χ3n) is 9.00. The average Bonchev–Trinajstić information content (AvgIpc) is 3.11. The van der Waals surface area contributed by atoms with E-state index in [2.05, 4.69) is 10.3 Å². The van der Waals surface area contributed by atoms with Crippen molar-refractivity contribution in [2.75, 3.05) is 37.7 Å². The lowest BCUT2D eigenvalue weighted by Gasteiger charge is -2.45. The maximum Gasteiger partial charge on any atom is 0.410 e. The van der Waals surface area contributed by atoms with Crippen molar-refractivity contribution in [2.24, 2.45) is 5.41 Å². The van der Waals surface area contributed by atoms with Gasteiger partial charge in [-0.1, -0.05) is 23.2 Å². The number of piperazine rings is 1. The molecule has 13 heteroatoms. The van der Waals surface area contributed by atoms with Crippen molar-refractivity contribution in [3.8, 4) is 16.9 Å². The van der Waals surface area contributed by atoms with Crippen molar-refractivity contribution in [1.82, 2.24) is 19.8 Å². The first-order valence-electron chi connectivity index (χ1n) is 15.2. The van der Waals surface area contributed by atoms with E-state index in [0.29, 0.717) is 42.4 Å². The summed E-state index contributed by atoms with van der Waals surface area (Å²) in [4.78, 5) is 35.3. The van der Waals surface area contributed by atoms with Crippen LogP contribution in [0.3, 0.4) is 0 Å². The second-order valence-corrected chi connectivity index (χ2v) is 14.3. The Morgan fingerprint density at radius 3 is 2.47 bits per heavy atom. The van der Waals surface area contributed by atoms with Crippen LogP contribution in [0, 0.1) is 17.0 Å². The molecule has 4 heterocycles. The summed E-state index contributed by atoms with van der Waals surface area (Å²) in [5, 5.41) is 3.80. The minimum Gasteiger partial charge on any atom is -0.490 e. The van der Waals surface area contributed by atoms with Crippen molar-refractivity contribution in [1.29, 1.82) is 0 Å². The number of benzene rings is 2. The molecule has 9 nitrogen and oxygen atoms in total. The van der Waals surface area contributed by atoms with Crippen molar-refractivity contribution in [3.05, 3.63) is 50.4 Å². The standard InChI is InChI=1S/C32H37Cl2F2N5O4/c1-17-14-40(30(43)45-31(3,4)5)18(2)13-39(17)28-20-11-22(34)25(19-10-21(33)24(36)12-23(19)35)27-26(20)41(29(42)38-28)15-32(16-44-27)6-8-37-9-7-32/h10-12,17-18,37H,6-9,13-16H2,1-5H3/t17-,18+/m0/s1. The minimum atomic E-state index is -0.896. The number of ether oxygens (including phenoxy) is 2. The molecule has 2 fully saturated rings. The molecule has 0 saturated carbocycles. The summed E-state index contributed by atoms with van der Waals surface area (Å²) in [6.07, 6.45) is 1.12. The molecule has 2 aromatic carbocycles. The molecule has 2 atom stereocenters. The third kappa shape index (κ3) is 5.83. The Bertz CT molecular complexity index is 1740. The summed E-state index contributed by atoms with van der Waals surface area (Å²) >= 11 is 13.0. The van der Waals surface area contributed by atoms with Gasteiger partial charge in [0.1, 0.15) is 23.1 Å². The highest BCUT2D eigenvalue weighted by molar-refractivity contribution is 6.35. The molecule has 1 spiro atoms. The number of nitrogens with one attached hydrogen (secondary N) is 1. The van der Waals surface area contributed by atoms with Gasteiger partial charge in [0.05, 0.1) is 22.2 Å². The summed E-state index contributed by atoms with van der Waals surface area (Å²) in [7, 11) is 0. The van der Waals surface area contributed by atoms with Crippen LogP contribution in [0.2, 0.25) is 10.0 Å². The Balaban J connectivity index is 1.53. The van der Waals surface area contributed by atoms with Gasteiger partial charge in [-0.25, -0.2) is 18.4 Å². The van der Waals surface area contributed by atoms with Gasteiger partial charge in [0, 0.05) is 59.7 Å². The number of halogens is 4. The van der Waals surface area contributed by atoms with Crippen LogP contribution in [0.1, 0.15) is 47.5 Å². The van der Waals surface area contributed by atoms with Crippen LogP contribution in [0.4, 0.5) is 19.4 Å². The molecule has 0 aliphatic carbocycles. The van der Waals surface area contributed by atoms with Gasteiger partial charge < -0.3 is 24.6 Å². The summed E-state index contributed by atoms with van der Waals surface area (Å²) in [5.74, 6) is -1.13. The number of carbonyl (C=O) groups is 1. The van der Waals surface area contributed by atoms with Crippen molar-refractivity contribution >= 4 is 46.0 Å². The SMILES string of the molecule is C[C@@H]1CN(c2nc(=O)n3c4c(c(-c5cc(Cl)c(F)cc5F)c(Cl)cc24)OCC2(CCNCC2)C3)[C@@H](C)CN1C(=O)OC(C)(C)C. The number of aromatic nitrogens is 2. The van der Waals surface area contributed by atoms with Crippen LogP contribution in [0.25, 0.3) is 22.0 Å². The van der Waals surface area contributed by atoms with Gasteiger partial charge in [-0.3, -0.25) is 4.57 Å². The Labute approximate surface area is 270 Å². The lowest BCUT2D eigenvalue weighted by molar-refractivity contribution is 0.0130. The molecule has 242 valence electrons. The van der Waals surface area contributed by atoms with Crippen molar-refractivity contribution in [2.45, 2.75) is 71.7 Å². The normalized spacial score (nSPS) is 21.5. The number of piperidine rings is 1. The van der Waals surface area contributed by atoms with Crippen molar-refractivity contribution in [3.63, 3.8) is 0 Å². The molecule has 3 aromatic rings. The Morgan fingerprint density at radius 2 is 1.78 bits per heavy atom. The summed E-state index contributed by atoms with van der Waals surface area (Å²) in [6, 6.07) is 3.07. The van der Waals surface area contributed by atoms with E-state index in [4.69, 9.17) is 32.7 Å². The van der Waals surface area contributed by atoms with E-state index in [0.717, 1.165) is 25.9 Å². The lowest BCUT2D eigenvalue weighted by atomic mass is 9.79. The van der Waals surface area contributed by atoms with Crippen LogP contribution in [0.15, 0.2) is 23.0 Å². The van der Waals surface area contributed by atoms with Gasteiger partial charge in [0.15, 0.2) is 5.75 Å². The van der Waals surface area contributed by atoms with Crippen molar-refractivity contribution < 1.29 is 23.0 Å². The maximum atomic E-state index is 15.4. The average molecular weight is 665 g/mol. The van der Waals surface area contributed by atoms with Gasteiger partial charge in [-0.2, -0.15) is 4.98 Å². The molecule has 2 saturated heterocycles. The highest BCUT2D eigenvalue weighted by Gasteiger charge is 2.40. The van der Waals surface area contributed by atoms with Gasteiger partial charge in [0.25, 0.3) is 0 Å². The Morgan fingerprint density at radius 1 is 1.07 bits per heavy atom. The number of nitrogens with zero attached hydrogens (tertiary/aromatic N) is 4. The van der Waals surface area contributed by atoms with Crippen LogP contribution >= 0.6 is 23.2 Å². The number of anilines is 1. The fourth-order valence-electron chi connectivity index (χ4n) is 6.70. The zero-order valence-corrected chi connectivity index (χ0v) is 27.5. The summed E-state index contributed by atoms with van der Waals surface area (Å²) < 4.78 is 43.4. The van der Waals surface area contributed by atoms with Crippen LogP contribution < -0.4 is 20.6 Å². The largest absolute Gasteiger partial charge is 0.490 e. The van der Waals surface area contributed by atoms with E-state index in [1.54, 1.807) is 15.5 Å². The molecule has 6 rings (SSSR count). The number of rotatable bonds is 2. The molecular formula is C32H37Cl2F2N5O4.